The molecule has 0 aliphatic heterocycles. The highest BCUT2D eigenvalue weighted by molar-refractivity contribution is 5.99. The van der Waals surface area contributed by atoms with Gasteiger partial charge >= 0.3 is 0 Å². The van der Waals surface area contributed by atoms with Gasteiger partial charge in [0.2, 0.25) is 0 Å². The van der Waals surface area contributed by atoms with Crippen LogP contribution in [0.4, 0.5) is 0 Å². The standard InChI is InChI=1S/C17H18O4/c18-15(12-21-11-13-7-3-1-4-8-13)17(20)16(19)14-9-5-2-6-10-14/h1-10,15,17-18,20H,11-12H2/t15-,17+/m1/s1. The van der Waals surface area contributed by atoms with Crippen molar-refractivity contribution in [2.45, 2.75) is 18.8 Å². The fraction of sp³-hybridized carbons (Fsp3) is 0.235. The molecule has 0 bridgehead atoms. The summed E-state index contributed by atoms with van der Waals surface area (Å²) in [6, 6.07) is 17.9. The van der Waals surface area contributed by atoms with Crippen molar-refractivity contribution < 1.29 is 19.7 Å². The number of aliphatic hydroxyl groups is 2. The lowest BCUT2D eigenvalue weighted by molar-refractivity contribution is -0.0317. The van der Waals surface area contributed by atoms with Gasteiger partial charge in [-0.3, -0.25) is 4.79 Å². The lowest BCUT2D eigenvalue weighted by Crippen LogP contribution is -2.37. The number of benzene rings is 2. The first-order valence-electron chi connectivity index (χ1n) is 6.75. The van der Waals surface area contributed by atoms with E-state index in [1.165, 1.54) is 0 Å². The zero-order valence-electron chi connectivity index (χ0n) is 11.6. The minimum absolute atomic E-state index is 0.103. The number of ether oxygens (including phenoxy) is 1. The smallest absolute Gasteiger partial charge is 0.194 e. The van der Waals surface area contributed by atoms with Crippen molar-refractivity contribution in [2.75, 3.05) is 6.61 Å². The third-order valence-corrected chi connectivity index (χ3v) is 3.09. The molecule has 110 valence electrons. The van der Waals surface area contributed by atoms with Crippen molar-refractivity contribution in [2.24, 2.45) is 0 Å². The Morgan fingerprint density at radius 1 is 0.952 bits per heavy atom. The number of ketones is 1. The van der Waals surface area contributed by atoms with Crippen LogP contribution in [0.5, 0.6) is 0 Å². The highest BCUT2D eigenvalue weighted by atomic mass is 16.5. The Labute approximate surface area is 123 Å². The number of aliphatic hydroxyl groups excluding tert-OH is 2. The maximum absolute atomic E-state index is 12.0. The quantitative estimate of drug-likeness (QED) is 0.762. The van der Waals surface area contributed by atoms with Gasteiger partial charge < -0.3 is 14.9 Å². The van der Waals surface area contributed by atoms with E-state index in [1.54, 1.807) is 30.3 Å². The number of carbonyl (C=O) groups is 1. The average molecular weight is 286 g/mol. The first kappa shape index (κ1) is 15.4. The monoisotopic (exact) mass is 286 g/mol. The predicted molar refractivity (Wildman–Crippen MR) is 78.9 cm³/mol. The van der Waals surface area contributed by atoms with E-state index < -0.39 is 18.0 Å². The molecule has 2 aromatic carbocycles. The Balaban J connectivity index is 1.82. The summed E-state index contributed by atoms with van der Waals surface area (Å²) in [5, 5.41) is 19.7. The second-order valence-corrected chi connectivity index (χ2v) is 4.74. The summed E-state index contributed by atoms with van der Waals surface area (Å²) in [7, 11) is 0. The minimum Gasteiger partial charge on any atom is -0.388 e. The SMILES string of the molecule is O=C(c1ccccc1)[C@@H](O)[C@H](O)COCc1ccccc1. The molecule has 2 rings (SSSR count). The Kier molecular flexibility index (Phi) is 5.63. The molecule has 2 aromatic rings. The minimum atomic E-state index is -1.48. The molecule has 0 unspecified atom stereocenters. The van der Waals surface area contributed by atoms with Crippen LogP contribution in [-0.4, -0.2) is 34.8 Å². The van der Waals surface area contributed by atoms with Crippen molar-refractivity contribution in [3.05, 3.63) is 71.8 Å². The molecule has 0 aliphatic rings. The van der Waals surface area contributed by atoms with E-state index in [-0.39, 0.29) is 6.61 Å². The topological polar surface area (TPSA) is 66.8 Å². The summed E-state index contributed by atoms with van der Waals surface area (Å²) < 4.78 is 5.33. The second-order valence-electron chi connectivity index (χ2n) is 4.74. The molecule has 0 saturated carbocycles. The van der Waals surface area contributed by atoms with Gasteiger partial charge in [-0.2, -0.15) is 0 Å². The zero-order valence-corrected chi connectivity index (χ0v) is 11.6. The number of hydrogen-bond donors (Lipinski definition) is 2. The summed E-state index contributed by atoms with van der Waals surface area (Å²) in [6.07, 6.45) is -2.73. The van der Waals surface area contributed by atoms with Gasteiger partial charge in [0.15, 0.2) is 5.78 Å². The Morgan fingerprint density at radius 3 is 2.14 bits per heavy atom. The fourth-order valence-corrected chi connectivity index (χ4v) is 1.91. The maximum atomic E-state index is 12.0. The van der Waals surface area contributed by atoms with Crippen LogP contribution in [0.1, 0.15) is 15.9 Å². The third-order valence-electron chi connectivity index (χ3n) is 3.09. The summed E-state index contributed by atoms with van der Waals surface area (Å²) in [5.41, 5.74) is 1.33. The summed E-state index contributed by atoms with van der Waals surface area (Å²) in [6.45, 7) is 0.221. The fourth-order valence-electron chi connectivity index (χ4n) is 1.91. The van der Waals surface area contributed by atoms with Gasteiger partial charge in [0, 0.05) is 5.56 Å². The summed E-state index contributed by atoms with van der Waals surface area (Å²) in [5.74, 6) is -0.508. The van der Waals surface area contributed by atoms with E-state index in [0.717, 1.165) is 5.56 Å². The van der Waals surface area contributed by atoms with Crippen molar-refractivity contribution in [3.63, 3.8) is 0 Å². The van der Waals surface area contributed by atoms with Crippen LogP contribution < -0.4 is 0 Å². The molecule has 0 saturated heterocycles. The van der Waals surface area contributed by atoms with E-state index in [4.69, 9.17) is 4.74 Å². The van der Waals surface area contributed by atoms with E-state index in [9.17, 15) is 15.0 Å². The van der Waals surface area contributed by atoms with Crippen LogP contribution in [0.25, 0.3) is 0 Å². The van der Waals surface area contributed by atoms with Gasteiger partial charge in [-0.05, 0) is 5.56 Å². The van der Waals surface area contributed by atoms with Crippen LogP contribution in [0, 0.1) is 0 Å². The van der Waals surface area contributed by atoms with E-state index in [1.807, 2.05) is 30.3 Å². The van der Waals surface area contributed by atoms with Gasteiger partial charge in [0.1, 0.15) is 12.2 Å². The van der Waals surface area contributed by atoms with Crippen molar-refractivity contribution >= 4 is 5.78 Å². The van der Waals surface area contributed by atoms with Crippen LogP contribution in [0.3, 0.4) is 0 Å². The zero-order chi connectivity index (χ0) is 15.1. The third kappa shape index (κ3) is 4.49. The van der Waals surface area contributed by atoms with E-state index in [0.29, 0.717) is 12.2 Å². The normalized spacial score (nSPS) is 13.6. The number of rotatable bonds is 7. The lowest BCUT2D eigenvalue weighted by Gasteiger charge is -2.17. The van der Waals surface area contributed by atoms with Crippen molar-refractivity contribution in [1.29, 1.82) is 0 Å². The molecule has 0 amide bonds. The molecule has 4 heteroatoms. The lowest BCUT2D eigenvalue weighted by atomic mass is 10.0. The summed E-state index contributed by atoms with van der Waals surface area (Å²) in [4.78, 5) is 12.0. The maximum Gasteiger partial charge on any atom is 0.194 e. The van der Waals surface area contributed by atoms with Gasteiger partial charge in [-0.1, -0.05) is 60.7 Å². The van der Waals surface area contributed by atoms with Crippen molar-refractivity contribution in [1.82, 2.24) is 0 Å². The first-order chi connectivity index (χ1) is 10.2. The van der Waals surface area contributed by atoms with Gasteiger partial charge in [-0.25, -0.2) is 0 Å². The van der Waals surface area contributed by atoms with Gasteiger partial charge in [0.25, 0.3) is 0 Å². The summed E-state index contributed by atoms with van der Waals surface area (Å²) >= 11 is 0. The largest absolute Gasteiger partial charge is 0.388 e. The molecule has 0 heterocycles. The highest BCUT2D eigenvalue weighted by Crippen LogP contribution is 2.08. The van der Waals surface area contributed by atoms with Crippen LogP contribution in [0.15, 0.2) is 60.7 Å². The Hall–Kier alpha value is -2.01. The molecule has 0 fully saturated rings. The van der Waals surface area contributed by atoms with Crippen LogP contribution in [-0.2, 0) is 11.3 Å². The Morgan fingerprint density at radius 2 is 1.52 bits per heavy atom. The average Bonchev–Trinajstić information content (AvgIpc) is 2.55. The molecular formula is C17H18O4. The Bertz CT molecular complexity index is 554. The van der Waals surface area contributed by atoms with E-state index >= 15 is 0 Å². The van der Waals surface area contributed by atoms with Gasteiger partial charge in [0.05, 0.1) is 13.2 Å². The molecule has 21 heavy (non-hydrogen) atoms. The second kappa shape index (κ2) is 7.69. The number of hydrogen-bond acceptors (Lipinski definition) is 4. The number of Topliss-reactive ketones (excluding diaryl/α,β-unsaturated/α-hetero) is 1. The molecule has 2 N–H and O–H groups in total. The first-order valence-corrected chi connectivity index (χ1v) is 6.75. The molecule has 2 atom stereocenters. The predicted octanol–water partition coefficient (Wildman–Crippen LogP) is 1.81. The molecule has 0 aromatic heterocycles. The number of carbonyl (C=O) groups excluding carboxylic acids is 1. The van der Waals surface area contributed by atoms with Crippen molar-refractivity contribution in [3.8, 4) is 0 Å². The molecule has 0 aliphatic carbocycles. The van der Waals surface area contributed by atoms with E-state index in [2.05, 4.69) is 0 Å². The van der Waals surface area contributed by atoms with Crippen LogP contribution >= 0.6 is 0 Å². The van der Waals surface area contributed by atoms with Gasteiger partial charge in [-0.15, -0.1) is 0 Å². The van der Waals surface area contributed by atoms with Crippen LogP contribution in [0.2, 0.25) is 0 Å². The molecular weight excluding hydrogens is 268 g/mol. The molecule has 0 spiro atoms. The highest BCUT2D eigenvalue weighted by Gasteiger charge is 2.25. The molecule has 4 nitrogen and oxygen atoms in total. The molecule has 0 radical (unpaired) electrons.